The number of imidazole rings is 1. The smallest absolute Gasteiger partial charge is 0.416 e. The van der Waals surface area contributed by atoms with E-state index in [4.69, 9.17) is 19.9 Å². The Kier molecular flexibility index (Phi) is 8.60. The second-order valence-corrected chi connectivity index (χ2v) is 10.0. The number of likely N-dealkylation sites (tertiary alicyclic amines) is 1. The van der Waals surface area contributed by atoms with Crippen LogP contribution < -0.4 is 15.2 Å². The molecule has 0 aliphatic carbocycles. The van der Waals surface area contributed by atoms with Gasteiger partial charge in [-0.05, 0) is 66.4 Å². The summed E-state index contributed by atoms with van der Waals surface area (Å²) in [4.78, 5) is 15.3. The van der Waals surface area contributed by atoms with Crippen LogP contribution in [0.5, 0.6) is 12.0 Å². The molecule has 2 aromatic heterocycles. The number of rotatable bonds is 10. The van der Waals surface area contributed by atoms with Crippen LogP contribution in [0.1, 0.15) is 36.0 Å². The van der Waals surface area contributed by atoms with Crippen molar-refractivity contribution in [1.82, 2.24) is 24.4 Å². The van der Waals surface area contributed by atoms with Gasteiger partial charge in [0, 0.05) is 13.7 Å². The second kappa shape index (κ2) is 12.3. The Labute approximate surface area is 236 Å². The van der Waals surface area contributed by atoms with Crippen LogP contribution in [0.3, 0.4) is 0 Å². The summed E-state index contributed by atoms with van der Waals surface area (Å²) < 4.78 is 59.1. The van der Waals surface area contributed by atoms with Gasteiger partial charge in [0.25, 0.3) is 6.01 Å². The number of hydrogen-bond donors (Lipinski definition) is 1. The zero-order valence-corrected chi connectivity index (χ0v) is 23.1. The van der Waals surface area contributed by atoms with Crippen LogP contribution in [0.15, 0.2) is 42.5 Å². The lowest BCUT2D eigenvalue weighted by Gasteiger charge is -2.27. The number of piperidine rings is 1. The Morgan fingerprint density at radius 1 is 0.854 bits per heavy atom. The molecular formula is C29H33F3N6O3. The second-order valence-electron chi connectivity index (χ2n) is 10.0. The number of fused-ring (bicyclic) bond motifs is 1. The highest BCUT2D eigenvalue weighted by molar-refractivity contribution is 5.83. The van der Waals surface area contributed by atoms with Crippen LogP contribution in [0.4, 0.5) is 19.0 Å². The number of alkyl halides is 3. The lowest BCUT2D eigenvalue weighted by atomic mass is 9.98. The minimum Gasteiger partial charge on any atom is -0.468 e. The molecule has 218 valence electrons. The molecule has 5 rings (SSSR count). The van der Waals surface area contributed by atoms with Crippen molar-refractivity contribution in [2.24, 2.45) is 0 Å². The molecule has 0 bridgehead atoms. The fourth-order valence-corrected chi connectivity index (χ4v) is 5.03. The Morgan fingerprint density at radius 2 is 1.61 bits per heavy atom. The van der Waals surface area contributed by atoms with Crippen molar-refractivity contribution >= 4 is 17.0 Å². The van der Waals surface area contributed by atoms with Crippen molar-refractivity contribution in [3.05, 3.63) is 59.2 Å². The van der Waals surface area contributed by atoms with E-state index in [0.717, 1.165) is 31.5 Å². The van der Waals surface area contributed by atoms with E-state index in [2.05, 4.69) is 19.9 Å². The van der Waals surface area contributed by atoms with Crippen molar-refractivity contribution in [2.75, 3.05) is 46.3 Å². The molecule has 0 unspecified atom stereocenters. The number of nitrogens with zero attached hydrogens (tertiary/aromatic N) is 5. The van der Waals surface area contributed by atoms with Gasteiger partial charge in [-0.2, -0.15) is 28.1 Å². The molecule has 0 amide bonds. The number of anilines is 1. The van der Waals surface area contributed by atoms with Crippen molar-refractivity contribution in [1.29, 1.82) is 0 Å². The molecule has 12 heteroatoms. The van der Waals surface area contributed by atoms with E-state index in [9.17, 15) is 13.2 Å². The number of ether oxygens (including phenoxy) is 3. The van der Waals surface area contributed by atoms with E-state index in [1.807, 2.05) is 30.3 Å². The summed E-state index contributed by atoms with van der Waals surface area (Å²) >= 11 is 0. The maximum Gasteiger partial charge on any atom is 0.416 e. The molecule has 0 spiro atoms. The summed E-state index contributed by atoms with van der Waals surface area (Å²) in [6.07, 6.45) is -1.11. The summed E-state index contributed by atoms with van der Waals surface area (Å²) in [5.74, 6) is 0.153. The lowest BCUT2D eigenvalue weighted by Crippen LogP contribution is -2.29. The standard InChI is InChI=1S/C29H33F3N6O3/c1-39-12-13-41-27-35-25(33)24-26(36-27)38(28(34-24)40-2)18-19-6-8-21(9-7-19)22-14-20(15-23(16-22)29(30,31)32)17-37-10-4-3-5-11-37/h6-9,14-16H,3-5,10-13,17-18H2,1-2H3,(H2,33,35,36). The van der Waals surface area contributed by atoms with Crippen LogP contribution in [-0.2, 0) is 24.0 Å². The minimum atomic E-state index is -4.43. The monoisotopic (exact) mass is 570 g/mol. The van der Waals surface area contributed by atoms with Crippen LogP contribution in [0, 0.1) is 0 Å². The Hall–Kier alpha value is -3.90. The number of aromatic nitrogens is 4. The number of nitrogen functional groups attached to an aromatic ring is 1. The van der Waals surface area contributed by atoms with E-state index < -0.39 is 11.7 Å². The maximum absolute atomic E-state index is 13.8. The molecule has 1 aliphatic rings. The van der Waals surface area contributed by atoms with Gasteiger partial charge in [-0.1, -0.05) is 30.7 Å². The van der Waals surface area contributed by atoms with Gasteiger partial charge in [-0.3, -0.25) is 9.47 Å². The minimum absolute atomic E-state index is 0.0936. The van der Waals surface area contributed by atoms with Gasteiger partial charge in [0.1, 0.15) is 6.61 Å². The molecule has 1 saturated heterocycles. The molecule has 0 atom stereocenters. The first-order valence-corrected chi connectivity index (χ1v) is 13.5. The Bertz CT molecular complexity index is 1480. The van der Waals surface area contributed by atoms with Gasteiger partial charge in [0.05, 0.1) is 25.8 Å². The highest BCUT2D eigenvalue weighted by Gasteiger charge is 2.31. The fraction of sp³-hybridized carbons (Fsp3) is 0.414. The van der Waals surface area contributed by atoms with E-state index in [0.29, 0.717) is 53.6 Å². The average molecular weight is 571 g/mol. The number of benzene rings is 2. The predicted octanol–water partition coefficient (Wildman–Crippen LogP) is 5.16. The highest BCUT2D eigenvalue weighted by atomic mass is 19.4. The third-order valence-corrected chi connectivity index (χ3v) is 7.07. The largest absolute Gasteiger partial charge is 0.468 e. The first kappa shape index (κ1) is 28.6. The summed E-state index contributed by atoms with van der Waals surface area (Å²) in [6, 6.07) is 12.1. The molecule has 0 radical (unpaired) electrons. The molecule has 3 heterocycles. The zero-order valence-electron chi connectivity index (χ0n) is 23.1. The van der Waals surface area contributed by atoms with Crippen molar-refractivity contribution in [2.45, 2.75) is 38.5 Å². The van der Waals surface area contributed by atoms with E-state index >= 15 is 0 Å². The Morgan fingerprint density at radius 3 is 2.29 bits per heavy atom. The van der Waals surface area contributed by atoms with E-state index in [1.54, 1.807) is 11.7 Å². The molecule has 9 nitrogen and oxygen atoms in total. The van der Waals surface area contributed by atoms with Crippen molar-refractivity contribution in [3.8, 4) is 23.1 Å². The first-order chi connectivity index (χ1) is 19.7. The predicted molar refractivity (Wildman–Crippen MR) is 149 cm³/mol. The first-order valence-electron chi connectivity index (χ1n) is 13.5. The average Bonchev–Trinajstić information content (AvgIpc) is 3.31. The van der Waals surface area contributed by atoms with Gasteiger partial charge < -0.3 is 19.9 Å². The summed E-state index contributed by atoms with van der Waals surface area (Å²) in [7, 11) is 3.06. The molecule has 41 heavy (non-hydrogen) atoms. The van der Waals surface area contributed by atoms with Crippen molar-refractivity contribution in [3.63, 3.8) is 0 Å². The number of halogens is 3. The fourth-order valence-electron chi connectivity index (χ4n) is 5.03. The molecule has 2 N–H and O–H groups in total. The van der Waals surface area contributed by atoms with Gasteiger partial charge >= 0.3 is 12.2 Å². The van der Waals surface area contributed by atoms with Gasteiger partial charge in [-0.15, -0.1) is 0 Å². The third-order valence-electron chi connectivity index (χ3n) is 7.07. The van der Waals surface area contributed by atoms with Gasteiger partial charge in [0.2, 0.25) is 0 Å². The van der Waals surface area contributed by atoms with Gasteiger partial charge in [-0.25, -0.2) is 0 Å². The van der Waals surface area contributed by atoms with E-state index in [-0.39, 0.29) is 18.4 Å². The van der Waals surface area contributed by atoms with Crippen LogP contribution >= 0.6 is 0 Å². The van der Waals surface area contributed by atoms with Crippen LogP contribution in [0.25, 0.3) is 22.3 Å². The molecular weight excluding hydrogens is 537 g/mol. The molecule has 4 aromatic rings. The normalized spacial score (nSPS) is 14.5. The number of nitrogens with two attached hydrogens (primary N) is 1. The highest BCUT2D eigenvalue weighted by Crippen LogP contribution is 2.34. The van der Waals surface area contributed by atoms with Crippen molar-refractivity contribution < 1.29 is 27.4 Å². The summed E-state index contributed by atoms with van der Waals surface area (Å²) in [6.45, 7) is 3.26. The van der Waals surface area contributed by atoms with Crippen LogP contribution in [-0.4, -0.2) is 64.9 Å². The SMILES string of the molecule is COCCOc1nc(N)c2nc(OC)n(Cc3ccc(-c4cc(CN5CCCCC5)cc(C(F)(F)F)c4)cc3)c2n1. The Balaban J connectivity index is 1.42. The van der Waals surface area contributed by atoms with E-state index in [1.165, 1.54) is 25.7 Å². The molecule has 1 fully saturated rings. The van der Waals surface area contributed by atoms with Gasteiger partial charge in [0.15, 0.2) is 17.0 Å². The molecule has 1 aliphatic heterocycles. The summed E-state index contributed by atoms with van der Waals surface area (Å²) in [5.41, 5.74) is 9.05. The molecule has 0 saturated carbocycles. The number of methoxy groups -OCH3 is 2. The molecule has 2 aromatic carbocycles. The zero-order chi connectivity index (χ0) is 29.0. The summed E-state index contributed by atoms with van der Waals surface area (Å²) in [5, 5.41) is 0. The topological polar surface area (TPSA) is 101 Å². The lowest BCUT2D eigenvalue weighted by molar-refractivity contribution is -0.137. The van der Waals surface area contributed by atoms with Crippen LogP contribution in [0.2, 0.25) is 0 Å². The maximum atomic E-state index is 13.8. The quantitative estimate of drug-likeness (QED) is 0.261. The number of hydrogen-bond acceptors (Lipinski definition) is 8. The third kappa shape index (κ3) is 6.71.